The van der Waals surface area contributed by atoms with E-state index in [0.29, 0.717) is 3.97 Å². The summed E-state index contributed by atoms with van der Waals surface area (Å²) in [7, 11) is -3.97. The van der Waals surface area contributed by atoms with Crippen molar-refractivity contribution < 1.29 is 8.42 Å². The molecule has 0 aliphatic heterocycles. The summed E-state index contributed by atoms with van der Waals surface area (Å²) in [4.78, 5) is 24.2. The lowest BCUT2D eigenvalue weighted by molar-refractivity contribution is 0.583. The van der Waals surface area contributed by atoms with Crippen molar-refractivity contribution >= 4 is 10.0 Å². The Labute approximate surface area is 103 Å². The van der Waals surface area contributed by atoms with Gasteiger partial charge in [0.2, 0.25) is 0 Å². The zero-order valence-corrected chi connectivity index (χ0v) is 10.3. The first-order valence-corrected chi connectivity index (χ1v) is 6.49. The van der Waals surface area contributed by atoms with Gasteiger partial charge < -0.3 is 0 Å². The summed E-state index contributed by atoms with van der Waals surface area (Å²) in [5.41, 5.74) is -0.721. The monoisotopic (exact) mass is 266 g/mol. The number of H-pyrrole nitrogens is 1. The van der Waals surface area contributed by atoms with Gasteiger partial charge in [-0.05, 0) is 19.1 Å². The summed E-state index contributed by atoms with van der Waals surface area (Å²) >= 11 is 0. The molecule has 7 heteroatoms. The molecule has 94 valence electrons. The van der Waals surface area contributed by atoms with E-state index in [0.717, 1.165) is 17.8 Å². The number of aromatic amines is 1. The van der Waals surface area contributed by atoms with Gasteiger partial charge in [-0.15, -0.1) is 0 Å². The second-order valence-electron chi connectivity index (χ2n) is 3.72. The van der Waals surface area contributed by atoms with Crippen LogP contribution in [0.2, 0.25) is 0 Å². The number of hydrogen-bond acceptors (Lipinski definition) is 4. The van der Waals surface area contributed by atoms with Crippen LogP contribution in [0.15, 0.2) is 51.0 Å². The summed E-state index contributed by atoms with van der Waals surface area (Å²) < 4.78 is 24.7. The molecule has 2 rings (SSSR count). The van der Waals surface area contributed by atoms with Crippen LogP contribution in [-0.2, 0) is 10.0 Å². The van der Waals surface area contributed by atoms with Crippen molar-refractivity contribution in [1.29, 1.82) is 0 Å². The van der Waals surface area contributed by atoms with Crippen molar-refractivity contribution in [3.05, 3.63) is 62.9 Å². The second kappa shape index (κ2) is 4.26. The molecular formula is C11H10N2O4S. The number of nitrogens with one attached hydrogen (secondary N) is 1. The molecule has 0 atom stereocenters. The van der Waals surface area contributed by atoms with Crippen molar-refractivity contribution in [2.75, 3.05) is 0 Å². The van der Waals surface area contributed by atoms with Crippen LogP contribution in [0.3, 0.4) is 0 Å². The number of benzene rings is 1. The Hall–Kier alpha value is -2.15. The standard InChI is InChI=1S/C11H10N2O4S/c1-8-2-4-9(5-3-8)18(16,17)13-7-6-10(14)12-11(13)15/h2-7H,1H3,(H,12,14,15). The predicted molar refractivity (Wildman–Crippen MR) is 65.1 cm³/mol. The van der Waals surface area contributed by atoms with Crippen LogP contribution in [0.5, 0.6) is 0 Å². The van der Waals surface area contributed by atoms with Gasteiger partial charge in [-0.1, -0.05) is 17.7 Å². The molecular weight excluding hydrogens is 256 g/mol. The first-order chi connectivity index (χ1) is 8.41. The molecule has 0 aliphatic carbocycles. The molecule has 6 nitrogen and oxygen atoms in total. The Morgan fingerprint density at radius 2 is 1.67 bits per heavy atom. The van der Waals surface area contributed by atoms with E-state index in [-0.39, 0.29) is 4.90 Å². The number of aryl methyl sites for hydroxylation is 1. The lowest BCUT2D eigenvalue weighted by atomic mass is 10.2. The molecule has 0 amide bonds. The van der Waals surface area contributed by atoms with E-state index in [1.165, 1.54) is 12.1 Å². The van der Waals surface area contributed by atoms with Crippen LogP contribution >= 0.6 is 0 Å². The Bertz CT molecular complexity index is 785. The molecule has 2 aromatic rings. The van der Waals surface area contributed by atoms with Gasteiger partial charge in [-0.3, -0.25) is 9.78 Å². The number of aromatic nitrogens is 2. The molecule has 1 aromatic heterocycles. The highest BCUT2D eigenvalue weighted by Gasteiger charge is 2.17. The molecule has 0 radical (unpaired) electrons. The number of nitrogens with zero attached hydrogens (tertiary/aromatic N) is 1. The summed E-state index contributed by atoms with van der Waals surface area (Å²) in [6.45, 7) is 1.82. The topological polar surface area (TPSA) is 89.0 Å². The van der Waals surface area contributed by atoms with Crippen LogP contribution in [-0.4, -0.2) is 17.4 Å². The minimum Gasteiger partial charge on any atom is -0.273 e. The highest BCUT2D eigenvalue weighted by molar-refractivity contribution is 7.90. The van der Waals surface area contributed by atoms with Crippen molar-refractivity contribution in [3.8, 4) is 0 Å². The summed E-state index contributed by atoms with van der Waals surface area (Å²) in [6, 6.07) is 7.05. The average Bonchev–Trinajstić information content (AvgIpc) is 2.29. The van der Waals surface area contributed by atoms with Gasteiger partial charge in [0.05, 0.1) is 4.90 Å². The molecule has 18 heavy (non-hydrogen) atoms. The zero-order chi connectivity index (χ0) is 13.3. The maximum atomic E-state index is 12.1. The fourth-order valence-corrected chi connectivity index (χ4v) is 2.61. The molecule has 1 N–H and O–H groups in total. The quantitative estimate of drug-likeness (QED) is 0.833. The van der Waals surface area contributed by atoms with Gasteiger partial charge in [0.1, 0.15) is 0 Å². The summed E-state index contributed by atoms with van der Waals surface area (Å²) in [6.07, 6.45) is 0.941. The molecule has 0 unspecified atom stereocenters. The average molecular weight is 266 g/mol. The normalized spacial score (nSPS) is 11.4. The summed E-state index contributed by atoms with van der Waals surface area (Å²) in [5, 5.41) is 0. The number of hydrogen-bond donors (Lipinski definition) is 1. The fourth-order valence-electron chi connectivity index (χ4n) is 1.42. The van der Waals surface area contributed by atoms with E-state index in [1.807, 2.05) is 11.9 Å². The van der Waals surface area contributed by atoms with Crippen LogP contribution < -0.4 is 11.2 Å². The lowest BCUT2D eigenvalue weighted by Crippen LogP contribution is -2.33. The van der Waals surface area contributed by atoms with E-state index in [1.54, 1.807) is 12.1 Å². The Balaban J connectivity index is 2.65. The van der Waals surface area contributed by atoms with Crippen LogP contribution in [0.1, 0.15) is 5.56 Å². The molecule has 1 heterocycles. The second-order valence-corrected chi connectivity index (χ2v) is 5.54. The summed E-state index contributed by atoms with van der Waals surface area (Å²) in [5.74, 6) is 0. The Morgan fingerprint density at radius 1 is 1.06 bits per heavy atom. The van der Waals surface area contributed by atoms with E-state index >= 15 is 0 Å². The molecule has 0 fully saturated rings. The van der Waals surface area contributed by atoms with Gasteiger partial charge in [-0.25, -0.2) is 13.2 Å². The van der Waals surface area contributed by atoms with Crippen LogP contribution in [0, 0.1) is 6.92 Å². The third-order valence-electron chi connectivity index (χ3n) is 2.37. The highest BCUT2D eigenvalue weighted by Crippen LogP contribution is 2.12. The van der Waals surface area contributed by atoms with E-state index < -0.39 is 21.3 Å². The van der Waals surface area contributed by atoms with E-state index in [2.05, 4.69) is 0 Å². The smallest absolute Gasteiger partial charge is 0.273 e. The maximum absolute atomic E-state index is 12.1. The molecule has 0 aliphatic rings. The third-order valence-corrected chi connectivity index (χ3v) is 4.04. The molecule has 0 saturated carbocycles. The first kappa shape index (κ1) is 12.3. The third kappa shape index (κ3) is 2.12. The van der Waals surface area contributed by atoms with Gasteiger partial charge in [0.15, 0.2) is 0 Å². The van der Waals surface area contributed by atoms with Gasteiger partial charge in [-0.2, -0.15) is 3.97 Å². The molecule has 0 saturated heterocycles. The highest BCUT2D eigenvalue weighted by atomic mass is 32.2. The largest absolute Gasteiger partial charge is 0.342 e. The van der Waals surface area contributed by atoms with Crippen molar-refractivity contribution in [1.82, 2.24) is 8.96 Å². The first-order valence-electron chi connectivity index (χ1n) is 5.05. The Kier molecular flexibility index (Phi) is 2.92. The minimum atomic E-state index is -3.97. The lowest BCUT2D eigenvalue weighted by Gasteiger charge is -2.06. The van der Waals surface area contributed by atoms with E-state index in [9.17, 15) is 18.0 Å². The fraction of sp³-hybridized carbons (Fsp3) is 0.0909. The van der Waals surface area contributed by atoms with E-state index in [4.69, 9.17) is 0 Å². The van der Waals surface area contributed by atoms with Gasteiger partial charge >= 0.3 is 5.69 Å². The predicted octanol–water partition coefficient (Wildman–Crippen LogP) is 0.0820. The van der Waals surface area contributed by atoms with Crippen molar-refractivity contribution in [3.63, 3.8) is 0 Å². The molecule has 1 aromatic carbocycles. The maximum Gasteiger partial charge on any atom is 0.342 e. The zero-order valence-electron chi connectivity index (χ0n) is 9.45. The molecule has 0 bridgehead atoms. The van der Waals surface area contributed by atoms with Crippen molar-refractivity contribution in [2.45, 2.75) is 11.8 Å². The van der Waals surface area contributed by atoms with Gasteiger partial charge in [0, 0.05) is 12.3 Å². The molecule has 0 spiro atoms. The SMILES string of the molecule is Cc1ccc(S(=O)(=O)n2ccc(=O)[nH]c2=O)cc1. The van der Waals surface area contributed by atoms with Crippen LogP contribution in [0.25, 0.3) is 0 Å². The van der Waals surface area contributed by atoms with Gasteiger partial charge in [0.25, 0.3) is 15.6 Å². The van der Waals surface area contributed by atoms with Crippen molar-refractivity contribution in [2.24, 2.45) is 0 Å². The number of rotatable bonds is 2. The minimum absolute atomic E-state index is 0.0118. The van der Waals surface area contributed by atoms with Crippen LogP contribution in [0.4, 0.5) is 0 Å². The Morgan fingerprint density at radius 3 is 2.22 bits per heavy atom.